The van der Waals surface area contributed by atoms with Crippen LogP contribution in [0.2, 0.25) is 0 Å². The van der Waals surface area contributed by atoms with E-state index in [1.54, 1.807) is 29.1 Å². The number of benzene rings is 1. The second kappa shape index (κ2) is 11.4. The number of amides is 1. The largest absolute Gasteiger partial charge is 0.388 e. The molecule has 2 heterocycles. The van der Waals surface area contributed by atoms with E-state index in [2.05, 4.69) is 36.5 Å². The number of aliphatic hydroxyl groups excluding tert-OH is 1. The number of ketones is 1. The van der Waals surface area contributed by atoms with E-state index in [4.69, 9.17) is 5.14 Å². The lowest BCUT2D eigenvalue weighted by molar-refractivity contribution is -0.111. The van der Waals surface area contributed by atoms with Crippen molar-refractivity contribution < 1.29 is 32.4 Å². The van der Waals surface area contributed by atoms with Gasteiger partial charge in [0.2, 0.25) is 11.7 Å². The first-order valence-corrected chi connectivity index (χ1v) is 13.2. The van der Waals surface area contributed by atoms with Gasteiger partial charge in [-0.25, -0.2) is 15.1 Å². The monoisotopic (exact) mass is 557 g/mol. The van der Waals surface area contributed by atoms with E-state index in [-0.39, 0.29) is 35.8 Å². The van der Waals surface area contributed by atoms with Crippen molar-refractivity contribution in [1.29, 1.82) is 0 Å². The van der Waals surface area contributed by atoms with Crippen LogP contribution in [-0.2, 0) is 25.8 Å². The van der Waals surface area contributed by atoms with E-state index in [1.807, 2.05) is 6.07 Å². The fourth-order valence-electron chi connectivity index (χ4n) is 4.23. The van der Waals surface area contributed by atoms with Gasteiger partial charge in [-0.15, -0.1) is 0 Å². The number of hydrogen-bond acceptors (Lipinski definition) is 11. The summed E-state index contributed by atoms with van der Waals surface area (Å²) < 4.78 is 28.3. The highest BCUT2D eigenvalue weighted by molar-refractivity contribution is 7.84. The number of carbonyl (C=O) groups excluding carboxylic acids is 2. The molecule has 14 nitrogen and oxygen atoms in total. The molecule has 39 heavy (non-hydrogen) atoms. The van der Waals surface area contributed by atoms with Crippen LogP contribution in [0.15, 0.2) is 61.7 Å². The molecule has 1 saturated carbocycles. The molecule has 4 rings (SSSR count). The summed E-state index contributed by atoms with van der Waals surface area (Å²) in [7, 11) is -4.21. The summed E-state index contributed by atoms with van der Waals surface area (Å²) in [6.07, 6.45) is 4.01. The van der Waals surface area contributed by atoms with E-state index >= 15 is 0 Å². The predicted octanol–water partition coefficient (Wildman–Crippen LogP) is 0.168. The zero-order valence-corrected chi connectivity index (χ0v) is 21.4. The van der Waals surface area contributed by atoms with Crippen LogP contribution in [0.4, 0.5) is 11.5 Å². The molecule has 6 N–H and O–H groups in total. The van der Waals surface area contributed by atoms with E-state index in [9.17, 15) is 28.2 Å². The molecule has 0 spiro atoms. The predicted molar refractivity (Wildman–Crippen MR) is 138 cm³/mol. The Morgan fingerprint density at radius 1 is 1.33 bits per heavy atom. The van der Waals surface area contributed by atoms with Gasteiger partial charge in [0.05, 0.1) is 18.7 Å². The smallest absolute Gasteiger partial charge is 0.333 e. The maximum atomic E-state index is 13.3. The zero-order chi connectivity index (χ0) is 28.2. The molecule has 0 unspecified atom stereocenters. The van der Waals surface area contributed by atoms with Crippen molar-refractivity contribution in [3.63, 3.8) is 0 Å². The Morgan fingerprint density at radius 2 is 2.13 bits per heavy atom. The molecule has 1 aliphatic rings. The van der Waals surface area contributed by atoms with Gasteiger partial charge in [-0.2, -0.15) is 13.5 Å². The van der Waals surface area contributed by atoms with Crippen molar-refractivity contribution in [2.45, 2.75) is 31.2 Å². The quantitative estimate of drug-likeness (QED) is 0.122. The Balaban J connectivity index is 1.47. The Morgan fingerprint density at radius 3 is 2.87 bits per heavy atom. The topological polar surface area (TPSA) is 212 Å². The van der Waals surface area contributed by atoms with Gasteiger partial charge in [0, 0.05) is 24.0 Å². The molecule has 1 aromatic carbocycles. The van der Waals surface area contributed by atoms with Crippen molar-refractivity contribution in [2.24, 2.45) is 11.1 Å². The number of carbonyl (C=O) groups is 2. The molecule has 0 bridgehead atoms. The minimum atomic E-state index is -4.21. The number of anilines is 2. The number of nitrogens with one attached hydrogen (secondary N) is 2. The summed E-state index contributed by atoms with van der Waals surface area (Å²) in [4.78, 5) is 32.8. The van der Waals surface area contributed by atoms with Gasteiger partial charge in [0.25, 0.3) is 0 Å². The third kappa shape index (κ3) is 6.90. The number of nitrogens with zero attached hydrogens (tertiary/aromatic N) is 4. The molecule has 1 amide bonds. The second-order valence-corrected chi connectivity index (χ2v) is 10.2. The molecule has 3 atom stereocenters. The van der Waals surface area contributed by atoms with E-state index < -0.39 is 40.4 Å². The molecule has 1 aliphatic carbocycles. The molecule has 1 fully saturated rings. The number of aliphatic hydroxyl groups is 2. The first-order chi connectivity index (χ1) is 18.5. The lowest BCUT2D eigenvalue weighted by atomic mass is 10.0. The molecule has 0 saturated heterocycles. The van der Waals surface area contributed by atoms with Gasteiger partial charge in [0.1, 0.15) is 23.9 Å². The summed E-state index contributed by atoms with van der Waals surface area (Å²) in [6, 6.07) is 8.64. The lowest BCUT2D eigenvalue weighted by Gasteiger charge is -2.30. The van der Waals surface area contributed by atoms with E-state index in [0.29, 0.717) is 12.2 Å². The molecule has 0 aliphatic heterocycles. The average molecular weight is 558 g/mol. The van der Waals surface area contributed by atoms with E-state index in [1.165, 1.54) is 24.7 Å². The molecule has 3 aromatic rings. The van der Waals surface area contributed by atoms with Crippen LogP contribution in [-0.4, -0.2) is 68.5 Å². The SMILES string of the molecule is C=CC(=O)Nc1cccc(Cn2ccc(C(=O)c3cncnc3N[C@@]3(O)CC[C@H](COS(N)(=O)=O)[C@H]3O)n2)c1. The van der Waals surface area contributed by atoms with Crippen molar-refractivity contribution in [3.05, 3.63) is 78.5 Å². The summed E-state index contributed by atoms with van der Waals surface area (Å²) in [5, 5.41) is 36.2. The van der Waals surface area contributed by atoms with Crippen molar-refractivity contribution in [2.75, 3.05) is 17.2 Å². The van der Waals surface area contributed by atoms with Gasteiger partial charge >= 0.3 is 10.3 Å². The minimum Gasteiger partial charge on any atom is -0.388 e. The van der Waals surface area contributed by atoms with Crippen LogP contribution in [0.1, 0.15) is 34.5 Å². The van der Waals surface area contributed by atoms with E-state index in [0.717, 1.165) is 5.56 Å². The number of rotatable bonds is 11. The van der Waals surface area contributed by atoms with Crippen molar-refractivity contribution in [1.82, 2.24) is 19.7 Å². The molecule has 2 aromatic heterocycles. The standard InChI is InChI=1S/C24H27N7O7S/c1-2-20(32)28-17-5-3-4-15(10-17)12-31-9-7-19(30-31)21(33)18-11-26-14-27-23(18)29-24(35)8-6-16(22(24)34)13-38-39(25,36)37/h2-5,7,9-11,14,16,22,34-35H,1,6,8,12-13H2,(H,28,32)(H2,25,36,37)(H,26,27,29)/t16-,22-,24-/m1/s1. The summed E-state index contributed by atoms with van der Waals surface area (Å²) >= 11 is 0. The van der Waals surface area contributed by atoms with Gasteiger partial charge in [-0.05, 0) is 42.7 Å². The zero-order valence-electron chi connectivity index (χ0n) is 20.6. The Bertz CT molecular complexity index is 1490. The van der Waals surface area contributed by atoms with Crippen molar-refractivity contribution in [3.8, 4) is 0 Å². The van der Waals surface area contributed by atoms with Gasteiger partial charge in [-0.1, -0.05) is 18.7 Å². The number of hydrogen-bond donors (Lipinski definition) is 5. The molecule has 0 radical (unpaired) electrons. The number of aromatic nitrogens is 4. The highest BCUT2D eigenvalue weighted by atomic mass is 32.2. The molecular formula is C24H27N7O7S. The first kappa shape index (κ1) is 28.0. The first-order valence-electron chi connectivity index (χ1n) is 11.7. The normalized spacial score (nSPS) is 20.9. The highest BCUT2D eigenvalue weighted by Gasteiger charge is 2.47. The molecular weight excluding hydrogens is 530 g/mol. The van der Waals surface area contributed by atoms with Crippen LogP contribution < -0.4 is 15.8 Å². The number of nitrogens with two attached hydrogens (primary N) is 1. The van der Waals surface area contributed by atoms with Crippen molar-refractivity contribution >= 4 is 33.5 Å². The van der Waals surface area contributed by atoms with Gasteiger partial charge in [-0.3, -0.25) is 18.5 Å². The fraction of sp³-hybridized carbons (Fsp3) is 0.292. The Kier molecular flexibility index (Phi) is 8.17. The van der Waals surface area contributed by atoms with Crippen LogP contribution in [0.3, 0.4) is 0 Å². The highest BCUT2D eigenvalue weighted by Crippen LogP contribution is 2.36. The lowest BCUT2D eigenvalue weighted by Crippen LogP contribution is -2.48. The summed E-state index contributed by atoms with van der Waals surface area (Å²) in [6.45, 7) is 3.32. The summed E-state index contributed by atoms with van der Waals surface area (Å²) in [5.74, 6) is -1.64. The molecule has 15 heteroatoms. The van der Waals surface area contributed by atoms with Gasteiger partial charge < -0.3 is 20.8 Å². The van der Waals surface area contributed by atoms with Crippen LogP contribution in [0, 0.1) is 5.92 Å². The third-order valence-corrected chi connectivity index (χ3v) is 6.63. The third-order valence-electron chi connectivity index (χ3n) is 6.17. The fourth-order valence-corrected chi connectivity index (χ4v) is 4.60. The van der Waals surface area contributed by atoms with Crippen LogP contribution in [0.5, 0.6) is 0 Å². The van der Waals surface area contributed by atoms with Gasteiger partial charge in [0.15, 0.2) is 5.72 Å². The summed E-state index contributed by atoms with van der Waals surface area (Å²) in [5.41, 5.74) is -0.420. The van der Waals surface area contributed by atoms with Crippen LogP contribution in [0.25, 0.3) is 0 Å². The maximum absolute atomic E-state index is 13.3. The second-order valence-electron chi connectivity index (χ2n) is 8.98. The minimum absolute atomic E-state index is 0.00162. The Hall–Kier alpha value is -4.02. The molecule has 206 valence electrons. The Labute approximate surface area is 223 Å². The average Bonchev–Trinajstić information content (AvgIpc) is 3.46. The van der Waals surface area contributed by atoms with Crippen LogP contribution >= 0.6 is 0 Å². The maximum Gasteiger partial charge on any atom is 0.333 e.